The average Bonchev–Trinajstić information content (AvgIpc) is 3.15. The van der Waals surface area contributed by atoms with Crippen LogP contribution >= 0.6 is 11.8 Å². The van der Waals surface area contributed by atoms with Crippen LogP contribution in [-0.2, 0) is 13.2 Å². The van der Waals surface area contributed by atoms with Crippen LogP contribution in [0.1, 0.15) is 12.5 Å². The number of alkyl halides is 3. The summed E-state index contributed by atoms with van der Waals surface area (Å²) in [6.07, 6.45) is 1.51. The van der Waals surface area contributed by atoms with Gasteiger partial charge in [-0.25, -0.2) is 9.50 Å². The first-order valence-electron chi connectivity index (χ1n) is 8.03. The number of fused-ring (bicyclic) bond motifs is 1. The summed E-state index contributed by atoms with van der Waals surface area (Å²) < 4.78 is 41.6. The van der Waals surface area contributed by atoms with Gasteiger partial charge >= 0.3 is 6.18 Å². The molecular weight excluding hydrogens is 377 g/mol. The number of thioether (sulfide) groups is 1. The number of nitrogens with one attached hydrogen (secondary N) is 1. The molecule has 0 saturated carbocycles. The number of nitrogens with zero attached hydrogens (tertiary/aromatic N) is 5. The molecule has 0 aliphatic rings. The summed E-state index contributed by atoms with van der Waals surface area (Å²) in [5.74, 6) is 1.71. The predicted molar refractivity (Wildman–Crippen MR) is 99.5 cm³/mol. The van der Waals surface area contributed by atoms with E-state index >= 15 is 0 Å². The minimum atomic E-state index is -4.44. The molecule has 0 amide bonds. The molecule has 27 heavy (non-hydrogen) atoms. The summed E-state index contributed by atoms with van der Waals surface area (Å²) in [5, 5.41) is 12.5. The highest BCUT2D eigenvalue weighted by Crippen LogP contribution is 2.36. The van der Waals surface area contributed by atoms with Gasteiger partial charge < -0.3 is 5.32 Å². The molecule has 0 atom stereocenters. The number of aryl methyl sites for hydroxylation is 1. The molecular formula is C17H17F3N6S. The number of anilines is 1. The molecule has 3 rings (SSSR count). The normalized spacial score (nSPS) is 12.2. The van der Waals surface area contributed by atoms with Crippen molar-refractivity contribution in [1.82, 2.24) is 24.4 Å². The molecule has 0 aliphatic heterocycles. The molecule has 0 spiro atoms. The molecule has 0 fully saturated rings. The maximum Gasteiger partial charge on any atom is 0.417 e. The minimum absolute atomic E-state index is 0.299. The Morgan fingerprint density at radius 1 is 1.30 bits per heavy atom. The van der Waals surface area contributed by atoms with Crippen LogP contribution in [0.2, 0.25) is 0 Å². The second kappa shape index (κ2) is 7.47. The molecule has 6 nitrogen and oxygen atoms in total. The van der Waals surface area contributed by atoms with E-state index in [0.717, 1.165) is 22.5 Å². The maximum absolute atomic E-state index is 12.9. The molecule has 0 unspecified atom stereocenters. The van der Waals surface area contributed by atoms with E-state index in [-0.39, 0.29) is 0 Å². The van der Waals surface area contributed by atoms with E-state index in [2.05, 4.69) is 27.1 Å². The number of hydrogen-bond acceptors (Lipinski definition) is 5. The SMILES string of the molecule is C=C/C=C\Nc1c(-c2nc3ccc(C(F)(F)F)cn3n2)c(SCC)nn1C. The van der Waals surface area contributed by atoms with Crippen molar-refractivity contribution in [2.24, 2.45) is 7.05 Å². The van der Waals surface area contributed by atoms with Crippen LogP contribution in [0, 0.1) is 0 Å². The lowest BCUT2D eigenvalue weighted by molar-refractivity contribution is -0.137. The van der Waals surface area contributed by atoms with Gasteiger partial charge in [-0.1, -0.05) is 19.6 Å². The number of rotatable bonds is 6. The van der Waals surface area contributed by atoms with Crippen molar-refractivity contribution in [3.63, 3.8) is 0 Å². The van der Waals surface area contributed by atoms with Gasteiger partial charge in [0.25, 0.3) is 0 Å². The molecule has 0 radical (unpaired) electrons. The van der Waals surface area contributed by atoms with Crippen molar-refractivity contribution in [3.05, 3.63) is 48.8 Å². The van der Waals surface area contributed by atoms with Crippen molar-refractivity contribution in [3.8, 4) is 11.4 Å². The fraction of sp³-hybridized carbons (Fsp3) is 0.235. The Balaban J connectivity index is 2.13. The average molecular weight is 394 g/mol. The monoisotopic (exact) mass is 394 g/mol. The summed E-state index contributed by atoms with van der Waals surface area (Å²) in [7, 11) is 1.77. The van der Waals surface area contributed by atoms with Crippen LogP contribution in [0.3, 0.4) is 0 Å². The van der Waals surface area contributed by atoms with Gasteiger partial charge in [0.15, 0.2) is 11.5 Å². The van der Waals surface area contributed by atoms with Crippen LogP contribution in [0.15, 0.2) is 48.3 Å². The van der Waals surface area contributed by atoms with Crippen molar-refractivity contribution >= 4 is 23.2 Å². The zero-order valence-corrected chi connectivity index (χ0v) is 15.5. The van der Waals surface area contributed by atoms with E-state index in [1.165, 1.54) is 17.8 Å². The summed E-state index contributed by atoms with van der Waals surface area (Å²) in [5.41, 5.74) is 0.172. The number of hydrogen-bond donors (Lipinski definition) is 1. The van der Waals surface area contributed by atoms with Gasteiger partial charge in [0.2, 0.25) is 0 Å². The van der Waals surface area contributed by atoms with Crippen molar-refractivity contribution in [1.29, 1.82) is 0 Å². The van der Waals surface area contributed by atoms with Gasteiger partial charge in [-0.2, -0.15) is 18.3 Å². The molecule has 0 aromatic carbocycles. The lowest BCUT2D eigenvalue weighted by Crippen LogP contribution is -2.06. The lowest BCUT2D eigenvalue weighted by atomic mass is 10.3. The Labute approximate surface area is 157 Å². The third-order valence-electron chi connectivity index (χ3n) is 3.63. The van der Waals surface area contributed by atoms with Gasteiger partial charge in [0, 0.05) is 19.4 Å². The van der Waals surface area contributed by atoms with Gasteiger partial charge in [0.1, 0.15) is 10.8 Å². The van der Waals surface area contributed by atoms with Crippen molar-refractivity contribution < 1.29 is 13.2 Å². The van der Waals surface area contributed by atoms with E-state index in [1.54, 1.807) is 30.1 Å². The first-order chi connectivity index (χ1) is 12.8. The third kappa shape index (κ3) is 3.85. The minimum Gasteiger partial charge on any atom is -0.346 e. The molecule has 0 bridgehead atoms. The first-order valence-corrected chi connectivity index (χ1v) is 9.01. The molecule has 1 N–H and O–H groups in total. The van der Waals surface area contributed by atoms with Crippen LogP contribution in [0.5, 0.6) is 0 Å². The van der Waals surface area contributed by atoms with Gasteiger partial charge in [-0.15, -0.1) is 16.9 Å². The topological polar surface area (TPSA) is 60.0 Å². The maximum atomic E-state index is 12.9. The molecule has 3 aromatic rings. The zero-order chi connectivity index (χ0) is 19.6. The van der Waals surface area contributed by atoms with E-state index in [1.807, 2.05) is 6.92 Å². The fourth-order valence-electron chi connectivity index (χ4n) is 2.46. The smallest absolute Gasteiger partial charge is 0.346 e. The quantitative estimate of drug-likeness (QED) is 0.497. The van der Waals surface area contributed by atoms with E-state index in [0.29, 0.717) is 27.9 Å². The summed E-state index contributed by atoms with van der Waals surface area (Å²) >= 11 is 1.50. The number of pyridine rings is 1. The summed E-state index contributed by atoms with van der Waals surface area (Å²) in [6, 6.07) is 2.29. The number of allylic oxidation sites excluding steroid dienone is 2. The molecule has 0 saturated heterocycles. The predicted octanol–water partition coefficient (Wildman–Crippen LogP) is 4.37. The van der Waals surface area contributed by atoms with Crippen LogP contribution < -0.4 is 5.32 Å². The Morgan fingerprint density at radius 2 is 2.07 bits per heavy atom. The second-order valence-corrected chi connectivity index (χ2v) is 6.73. The van der Waals surface area contributed by atoms with Crippen LogP contribution in [0.25, 0.3) is 17.0 Å². The summed E-state index contributed by atoms with van der Waals surface area (Å²) in [4.78, 5) is 4.38. The Hall–Kier alpha value is -2.75. The van der Waals surface area contributed by atoms with Crippen molar-refractivity contribution in [2.45, 2.75) is 18.1 Å². The van der Waals surface area contributed by atoms with Gasteiger partial charge in [-0.05, 0) is 24.0 Å². The fourth-order valence-corrected chi connectivity index (χ4v) is 3.24. The van der Waals surface area contributed by atoms with Gasteiger partial charge in [0.05, 0.1) is 11.1 Å². The first kappa shape index (κ1) is 19.0. The zero-order valence-electron chi connectivity index (χ0n) is 14.7. The molecule has 0 aliphatic carbocycles. The highest BCUT2D eigenvalue weighted by atomic mass is 32.2. The summed E-state index contributed by atoms with van der Waals surface area (Å²) in [6.45, 7) is 5.60. The molecule has 3 aromatic heterocycles. The van der Waals surface area contributed by atoms with Gasteiger partial charge in [-0.3, -0.25) is 4.68 Å². The highest BCUT2D eigenvalue weighted by molar-refractivity contribution is 7.99. The number of halogens is 3. The Kier molecular flexibility index (Phi) is 5.26. The van der Waals surface area contributed by atoms with E-state index < -0.39 is 11.7 Å². The Morgan fingerprint density at radius 3 is 2.74 bits per heavy atom. The van der Waals surface area contributed by atoms with Crippen molar-refractivity contribution in [2.75, 3.05) is 11.1 Å². The Bertz CT molecular complexity index is 1000. The van der Waals surface area contributed by atoms with E-state index in [4.69, 9.17) is 0 Å². The molecule has 142 valence electrons. The largest absolute Gasteiger partial charge is 0.417 e. The molecule has 3 heterocycles. The van der Waals surface area contributed by atoms with E-state index in [9.17, 15) is 13.2 Å². The third-order valence-corrected chi connectivity index (χ3v) is 4.48. The highest BCUT2D eigenvalue weighted by Gasteiger charge is 2.31. The van der Waals surface area contributed by atoms with Crippen LogP contribution in [-0.4, -0.2) is 30.1 Å². The lowest BCUT2D eigenvalue weighted by Gasteiger charge is -2.05. The molecule has 10 heteroatoms. The second-order valence-electron chi connectivity index (χ2n) is 5.48. The van der Waals surface area contributed by atoms with Crippen LogP contribution in [0.4, 0.5) is 19.0 Å². The standard InChI is InChI=1S/C17H17F3N6S/c1-4-6-9-21-15-13(16(27-5-2)24-25(15)3)14-22-12-8-7-11(17(18,19)20)10-26(12)23-14/h4,6-10,21H,1,5H2,2-3H3/b9-6-. The number of aromatic nitrogens is 5.